The number of ether oxygens (including phenoxy) is 1. The summed E-state index contributed by atoms with van der Waals surface area (Å²) in [5.74, 6) is 1.85. The Balaban J connectivity index is 1.74. The maximum absolute atomic E-state index is 5.86. The van der Waals surface area contributed by atoms with Gasteiger partial charge in [0.05, 0.1) is 22.7 Å². The number of para-hydroxylation sites is 1. The van der Waals surface area contributed by atoms with E-state index in [0.717, 1.165) is 28.6 Å². The Morgan fingerprint density at radius 1 is 1.21 bits per heavy atom. The summed E-state index contributed by atoms with van der Waals surface area (Å²) in [5.41, 5.74) is 1.78. The van der Waals surface area contributed by atoms with E-state index in [1.54, 1.807) is 11.3 Å². The van der Waals surface area contributed by atoms with Crippen molar-refractivity contribution in [1.82, 2.24) is 20.0 Å². The summed E-state index contributed by atoms with van der Waals surface area (Å²) in [7, 11) is 4.03. The van der Waals surface area contributed by atoms with E-state index in [1.807, 2.05) is 50.7 Å². The number of hydrogen-bond acceptors (Lipinski definition) is 7. The molecule has 0 fully saturated rings. The molecule has 0 aliphatic heterocycles. The summed E-state index contributed by atoms with van der Waals surface area (Å²) in [6.07, 6.45) is 0.543. The Morgan fingerprint density at radius 2 is 2.04 bits per heavy atom. The van der Waals surface area contributed by atoms with Crippen molar-refractivity contribution in [2.45, 2.75) is 13.3 Å². The highest BCUT2D eigenvalue weighted by molar-refractivity contribution is 7.09. The van der Waals surface area contributed by atoms with Crippen LogP contribution in [0.25, 0.3) is 11.4 Å². The van der Waals surface area contributed by atoms with Crippen molar-refractivity contribution < 1.29 is 9.26 Å². The van der Waals surface area contributed by atoms with Crippen molar-refractivity contribution in [2.24, 2.45) is 0 Å². The second-order valence-electron chi connectivity index (χ2n) is 5.69. The molecule has 2 aromatic heterocycles. The van der Waals surface area contributed by atoms with Crippen molar-refractivity contribution in [1.29, 1.82) is 0 Å². The minimum absolute atomic E-state index is 0.539. The zero-order valence-corrected chi connectivity index (χ0v) is 14.8. The minimum atomic E-state index is 0.539. The first-order valence-electron chi connectivity index (χ1n) is 7.72. The van der Waals surface area contributed by atoms with Gasteiger partial charge in [-0.3, -0.25) is 0 Å². The average Bonchev–Trinajstić information content (AvgIpc) is 3.17. The molecule has 0 saturated carbocycles. The summed E-state index contributed by atoms with van der Waals surface area (Å²) >= 11 is 1.62. The topological polar surface area (TPSA) is 64.3 Å². The highest BCUT2D eigenvalue weighted by Crippen LogP contribution is 2.28. The van der Waals surface area contributed by atoms with Crippen LogP contribution in [0.4, 0.5) is 0 Å². The molecule has 0 radical (unpaired) electrons. The van der Waals surface area contributed by atoms with Crippen LogP contribution < -0.4 is 4.74 Å². The molecule has 0 amide bonds. The monoisotopic (exact) mass is 344 g/mol. The molecule has 6 nitrogen and oxygen atoms in total. The summed E-state index contributed by atoms with van der Waals surface area (Å²) in [6, 6.07) is 7.74. The van der Waals surface area contributed by atoms with Gasteiger partial charge >= 0.3 is 0 Å². The second kappa shape index (κ2) is 7.55. The fourth-order valence-corrected chi connectivity index (χ4v) is 2.81. The molecule has 0 unspecified atom stereocenters. The van der Waals surface area contributed by atoms with Gasteiger partial charge in [0.15, 0.2) is 0 Å². The zero-order chi connectivity index (χ0) is 16.9. The predicted molar refractivity (Wildman–Crippen MR) is 93.4 cm³/mol. The van der Waals surface area contributed by atoms with E-state index >= 15 is 0 Å². The van der Waals surface area contributed by atoms with Crippen LogP contribution in [-0.4, -0.2) is 47.3 Å². The van der Waals surface area contributed by atoms with E-state index in [-0.39, 0.29) is 0 Å². The van der Waals surface area contributed by atoms with E-state index in [1.165, 1.54) is 0 Å². The first-order chi connectivity index (χ1) is 11.6. The molecule has 0 N–H and O–H groups in total. The Labute approximate surface area is 145 Å². The number of rotatable bonds is 7. The highest BCUT2D eigenvalue weighted by atomic mass is 32.1. The molecule has 126 valence electrons. The maximum atomic E-state index is 5.86. The molecule has 24 heavy (non-hydrogen) atoms. The van der Waals surface area contributed by atoms with Gasteiger partial charge in [-0.15, -0.1) is 11.3 Å². The van der Waals surface area contributed by atoms with Crippen molar-refractivity contribution >= 4 is 11.3 Å². The lowest BCUT2D eigenvalue weighted by molar-refractivity contribution is 0.262. The van der Waals surface area contributed by atoms with Crippen molar-refractivity contribution in [3.63, 3.8) is 0 Å². The Bertz CT molecular complexity index is 797. The molecule has 0 bridgehead atoms. The minimum Gasteiger partial charge on any atom is -0.491 e. The van der Waals surface area contributed by atoms with E-state index < -0.39 is 0 Å². The van der Waals surface area contributed by atoms with Crippen LogP contribution in [0.15, 0.2) is 34.2 Å². The lowest BCUT2D eigenvalue weighted by atomic mass is 10.2. The smallest absolute Gasteiger partial charge is 0.233 e. The lowest BCUT2D eigenvalue weighted by Crippen LogP contribution is -2.19. The van der Waals surface area contributed by atoms with Gasteiger partial charge < -0.3 is 14.2 Å². The molecular formula is C17H20N4O2S. The first kappa shape index (κ1) is 16.6. The standard InChI is InChI=1S/C17H20N4O2S/c1-12-18-13(11-24-12)10-16-19-17(20-23-16)14-6-4-5-7-15(14)22-9-8-21(2)3/h4-7,11H,8-10H2,1-3H3. The third-order valence-electron chi connectivity index (χ3n) is 3.39. The van der Waals surface area contributed by atoms with Crippen molar-refractivity contribution in [3.05, 3.63) is 46.2 Å². The van der Waals surface area contributed by atoms with Crippen molar-refractivity contribution in [3.8, 4) is 17.1 Å². The maximum Gasteiger partial charge on any atom is 0.233 e. The highest BCUT2D eigenvalue weighted by Gasteiger charge is 2.14. The fraction of sp³-hybridized carbons (Fsp3) is 0.353. The van der Waals surface area contributed by atoms with Crippen LogP contribution in [0, 0.1) is 6.92 Å². The third kappa shape index (κ3) is 4.18. The summed E-state index contributed by atoms with van der Waals surface area (Å²) in [4.78, 5) is 11.0. The average molecular weight is 344 g/mol. The number of thiazole rings is 1. The normalized spacial score (nSPS) is 11.2. The van der Waals surface area contributed by atoms with Crippen LogP contribution in [-0.2, 0) is 6.42 Å². The van der Waals surface area contributed by atoms with E-state index in [2.05, 4.69) is 20.0 Å². The molecule has 3 rings (SSSR count). The van der Waals surface area contributed by atoms with E-state index in [9.17, 15) is 0 Å². The van der Waals surface area contributed by atoms with Gasteiger partial charge in [0.2, 0.25) is 11.7 Å². The van der Waals surface area contributed by atoms with Gasteiger partial charge in [-0.2, -0.15) is 4.98 Å². The number of benzene rings is 1. The van der Waals surface area contributed by atoms with Gasteiger partial charge in [0.1, 0.15) is 12.4 Å². The molecule has 1 aromatic carbocycles. The van der Waals surface area contributed by atoms with Gasteiger partial charge in [0, 0.05) is 11.9 Å². The first-order valence-corrected chi connectivity index (χ1v) is 8.60. The third-order valence-corrected chi connectivity index (χ3v) is 4.21. The van der Waals surface area contributed by atoms with Gasteiger partial charge in [0.25, 0.3) is 0 Å². The molecule has 2 heterocycles. The van der Waals surface area contributed by atoms with E-state index in [0.29, 0.717) is 24.7 Å². The molecule has 0 spiro atoms. The number of nitrogens with zero attached hydrogens (tertiary/aromatic N) is 4. The molecule has 0 saturated heterocycles. The van der Waals surface area contributed by atoms with Crippen LogP contribution in [0.1, 0.15) is 16.6 Å². The molecule has 7 heteroatoms. The van der Waals surface area contributed by atoms with E-state index in [4.69, 9.17) is 9.26 Å². The lowest BCUT2D eigenvalue weighted by Gasteiger charge is -2.12. The molecule has 3 aromatic rings. The number of likely N-dealkylation sites (N-methyl/N-ethyl adjacent to an activating group) is 1. The zero-order valence-electron chi connectivity index (χ0n) is 14.0. The van der Waals surface area contributed by atoms with Gasteiger partial charge in [-0.05, 0) is 33.2 Å². The number of aryl methyl sites for hydroxylation is 1. The SMILES string of the molecule is Cc1nc(Cc2nc(-c3ccccc3OCCN(C)C)no2)cs1. The van der Waals surface area contributed by atoms with Gasteiger partial charge in [-0.1, -0.05) is 17.3 Å². The largest absolute Gasteiger partial charge is 0.491 e. The predicted octanol–water partition coefficient (Wildman–Crippen LogP) is 3.03. The Hall–Kier alpha value is -2.25. The number of hydrogen-bond donors (Lipinski definition) is 0. The van der Waals surface area contributed by atoms with Gasteiger partial charge in [-0.25, -0.2) is 4.98 Å². The number of aromatic nitrogens is 3. The van der Waals surface area contributed by atoms with Crippen LogP contribution >= 0.6 is 11.3 Å². The molecule has 0 aliphatic rings. The Kier molecular flexibility index (Phi) is 5.22. The quantitative estimate of drug-likeness (QED) is 0.656. The van der Waals surface area contributed by atoms with Crippen molar-refractivity contribution in [2.75, 3.05) is 27.2 Å². The molecular weight excluding hydrogens is 324 g/mol. The second-order valence-corrected chi connectivity index (χ2v) is 6.76. The summed E-state index contributed by atoms with van der Waals surface area (Å²) in [6.45, 7) is 3.43. The summed E-state index contributed by atoms with van der Waals surface area (Å²) < 4.78 is 11.2. The summed E-state index contributed by atoms with van der Waals surface area (Å²) in [5, 5.41) is 7.14. The molecule has 0 aliphatic carbocycles. The van der Waals surface area contributed by atoms with Crippen LogP contribution in [0.2, 0.25) is 0 Å². The molecule has 0 atom stereocenters. The Morgan fingerprint density at radius 3 is 2.79 bits per heavy atom. The fourth-order valence-electron chi connectivity index (χ4n) is 2.20. The van der Waals surface area contributed by atoms with Crippen LogP contribution in [0.5, 0.6) is 5.75 Å². The van der Waals surface area contributed by atoms with Crippen LogP contribution in [0.3, 0.4) is 0 Å².